The summed E-state index contributed by atoms with van der Waals surface area (Å²) in [6.45, 7) is 1.87. The van der Waals surface area contributed by atoms with E-state index in [9.17, 15) is 14.0 Å². The van der Waals surface area contributed by atoms with E-state index in [1.165, 1.54) is 26.2 Å². The monoisotopic (exact) mass is 263 g/mol. The summed E-state index contributed by atoms with van der Waals surface area (Å²) >= 11 is 0. The lowest BCUT2D eigenvalue weighted by Gasteiger charge is -2.00. The fourth-order valence-electron chi connectivity index (χ4n) is 1.33. The molecule has 1 aromatic carbocycles. The van der Waals surface area contributed by atoms with Crippen molar-refractivity contribution in [2.75, 3.05) is 13.7 Å². The molecule has 1 rings (SSSR count). The van der Waals surface area contributed by atoms with Gasteiger partial charge in [0.25, 0.3) is 0 Å². The van der Waals surface area contributed by atoms with E-state index in [1.54, 1.807) is 6.07 Å². The Morgan fingerprint density at radius 2 is 2.16 bits per heavy atom. The fraction of sp³-hybridized carbons (Fsp3) is 0.286. The molecule has 0 fully saturated rings. The average Bonchev–Trinajstić information content (AvgIpc) is 2.37. The van der Waals surface area contributed by atoms with E-state index in [0.717, 1.165) is 0 Å². The first-order valence-electron chi connectivity index (χ1n) is 5.65. The number of rotatable bonds is 3. The van der Waals surface area contributed by atoms with E-state index in [-0.39, 0.29) is 11.5 Å². The van der Waals surface area contributed by atoms with Gasteiger partial charge in [0, 0.05) is 25.5 Å². The highest BCUT2D eigenvalue weighted by molar-refractivity contribution is 5.89. The number of nitrogens with one attached hydrogen (secondary N) is 1. The van der Waals surface area contributed by atoms with Gasteiger partial charge in [-0.1, -0.05) is 11.8 Å². The lowest BCUT2D eigenvalue weighted by Crippen LogP contribution is -2.20. The maximum absolute atomic E-state index is 13.5. The molecule has 0 unspecified atom stereocenters. The Kier molecular flexibility index (Phi) is 5.55. The summed E-state index contributed by atoms with van der Waals surface area (Å²) in [4.78, 5) is 21.8. The van der Waals surface area contributed by atoms with Gasteiger partial charge in [-0.3, -0.25) is 4.79 Å². The molecule has 1 N–H and O–H groups in total. The van der Waals surface area contributed by atoms with Crippen LogP contribution in [0.25, 0.3) is 0 Å². The first-order valence-corrected chi connectivity index (χ1v) is 5.65. The summed E-state index contributed by atoms with van der Waals surface area (Å²) in [6, 6.07) is 4.05. The standard InChI is InChI=1S/C14H14FNO3/c1-10(17)16-8-4-3-5-11-6-7-12(13(15)9-11)14(18)19-2/h6-7,9H,4,8H2,1-2H3,(H,16,17). The maximum Gasteiger partial charge on any atom is 0.340 e. The van der Waals surface area contributed by atoms with Gasteiger partial charge in [-0.15, -0.1) is 0 Å². The molecule has 0 aliphatic rings. The highest BCUT2D eigenvalue weighted by Crippen LogP contribution is 2.10. The number of halogens is 1. The SMILES string of the molecule is COC(=O)c1ccc(C#CCCNC(C)=O)cc1F. The van der Waals surface area contributed by atoms with E-state index in [4.69, 9.17) is 0 Å². The van der Waals surface area contributed by atoms with Crippen LogP contribution in [0.1, 0.15) is 29.3 Å². The van der Waals surface area contributed by atoms with Gasteiger partial charge in [-0.25, -0.2) is 9.18 Å². The van der Waals surface area contributed by atoms with Crippen molar-refractivity contribution >= 4 is 11.9 Å². The minimum Gasteiger partial charge on any atom is -0.465 e. The number of benzene rings is 1. The quantitative estimate of drug-likeness (QED) is 0.510. The molecule has 4 nitrogen and oxygen atoms in total. The molecule has 5 heteroatoms. The molecular weight excluding hydrogens is 249 g/mol. The van der Waals surface area contributed by atoms with Crippen molar-refractivity contribution in [3.63, 3.8) is 0 Å². The van der Waals surface area contributed by atoms with Gasteiger partial charge < -0.3 is 10.1 Å². The summed E-state index contributed by atoms with van der Waals surface area (Å²) in [5, 5.41) is 2.60. The molecule has 0 aromatic heterocycles. The Balaban J connectivity index is 2.66. The molecule has 1 amide bonds. The van der Waals surface area contributed by atoms with E-state index in [2.05, 4.69) is 21.9 Å². The van der Waals surface area contributed by atoms with Gasteiger partial charge >= 0.3 is 5.97 Å². The number of hydrogen-bond acceptors (Lipinski definition) is 3. The zero-order chi connectivity index (χ0) is 14.3. The second kappa shape index (κ2) is 7.17. The van der Waals surface area contributed by atoms with Crippen molar-refractivity contribution < 1.29 is 18.7 Å². The van der Waals surface area contributed by atoms with Crippen molar-refractivity contribution in [1.29, 1.82) is 0 Å². The Bertz CT molecular complexity index is 543. The van der Waals surface area contributed by atoms with Gasteiger partial charge in [0.1, 0.15) is 5.82 Å². The Morgan fingerprint density at radius 1 is 1.42 bits per heavy atom. The molecule has 0 aliphatic carbocycles. The van der Waals surface area contributed by atoms with Gasteiger partial charge in [0.15, 0.2) is 0 Å². The molecular formula is C14H14FNO3. The highest BCUT2D eigenvalue weighted by atomic mass is 19.1. The third-order valence-electron chi connectivity index (χ3n) is 2.23. The summed E-state index contributed by atoms with van der Waals surface area (Å²) in [5.41, 5.74) is 0.347. The predicted molar refractivity (Wildman–Crippen MR) is 67.9 cm³/mol. The molecule has 0 saturated carbocycles. The second-order valence-electron chi connectivity index (χ2n) is 3.72. The number of carbonyl (C=O) groups is 2. The van der Waals surface area contributed by atoms with Gasteiger partial charge in [0.05, 0.1) is 12.7 Å². The molecule has 0 radical (unpaired) electrons. The van der Waals surface area contributed by atoms with Crippen LogP contribution in [0, 0.1) is 17.7 Å². The maximum atomic E-state index is 13.5. The second-order valence-corrected chi connectivity index (χ2v) is 3.72. The third-order valence-corrected chi connectivity index (χ3v) is 2.23. The third kappa shape index (κ3) is 4.80. The van der Waals surface area contributed by atoms with Crippen LogP contribution in [0.2, 0.25) is 0 Å². The van der Waals surface area contributed by atoms with Crippen LogP contribution < -0.4 is 5.32 Å². The molecule has 0 aliphatic heterocycles. The number of amides is 1. The van der Waals surface area contributed by atoms with Crippen LogP contribution in [0.15, 0.2) is 18.2 Å². The van der Waals surface area contributed by atoms with Crippen molar-refractivity contribution in [2.24, 2.45) is 0 Å². The lowest BCUT2D eigenvalue weighted by atomic mass is 10.1. The van der Waals surface area contributed by atoms with Crippen LogP contribution in [0.3, 0.4) is 0 Å². The van der Waals surface area contributed by atoms with Crippen molar-refractivity contribution in [1.82, 2.24) is 5.32 Å². The first kappa shape index (κ1) is 14.7. The predicted octanol–water partition coefficient (Wildman–Crippen LogP) is 1.49. The number of methoxy groups -OCH3 is 1. The van der Waals surface area contributed by atoms with Crippen molar-refractivity contribution in [3.05, 3.63) is 35.1 Å². The largest absolute Gasteiger partial charge is 0.465 e. The average molecular weight is 263 g/mol. The van der Waals surface area contributed by atoms with Gasteiger partial charge in [0.2, 0.25) is 5.91 Å². The van der Waals surface area contributed by atoms with Crippen LogP contribution in [0.5, 0.6) is 0 Å². The van der Waals surface area contributed by atoms with Crippen LogP contribution in [-0.4, -0.2) is 25.5 Å². The minimum absolute atomic E-state index is 0.115. The molecule has 0 spiro atoms. The molecule has 1 aromatic rings. The zero-order valence-corrected chi connectivity index (χ0v) is 10.7. The van der Waals surface area contributed by atoms with Gasteiger partial charge in [-0.05, 0) is 18.2 Å². The van der Waals surface area contributed by atoms with Gasteiger partial charge in [-0.2, -0.15) is 0 Å². The molecule has 19 heavy (non-hydrogen) atoms. The van der Waals surface area contributed by atoms with Crippen molar-refractivity contribution in [2.45, 2.75) is 13.3 Å². The van der Waals surface area contributed by atoms with Crippen LogP contribution in [0.4, 0.5) is 4.39 Å². The summed E-state index contributed by atoms with van der Waals surface area (Å²) in [5.74, 6) is 4.05. The molecule has 0 saturated heterocycles. The van der Waals surface area contributed by atoms with Crippen molar-refractivity contribution in [3.8, 4) is 11.8 Å². The normalized spacial score (nSPS) is 9.21. The fourth-order valence-corrected chi connectivity index (χ4v) is 1.33. The number of hydrogen-bond donors (Lipinski definition) is 1. The molecule has 0 heterocycles. The topological polar surface area (TPSA) is 55.4 Å². The van der Waals surface area contributed by atoms with E-state index in [1.807, 2.05) is 0 Å². The molecule has 100 valence electrons. The lowest BCUT2D eigenvalue weighted by molar-refractivity contribution is -0.118. The molecule has 0 atom stereocenters. The Morgan fingerprint density at radius 3 is 2.74 bits per heavy atom. The Hall–Kier alpha value is -2.35. The van der Waals surface area contributed by atoms with E-state index in [0.29, 0.717) is 18.5 Å². The van der Waals surface area contributed by atoms with Crippen LogP contribution >= 0.6 is 0 Å². The van der Waals surface area contributed by atoms with E-state index >= 15 is 0 Å². The Labute approximate surface area is 111 Å². The first-order chi connectivity index (χ1) is 9.04. The summed E-state index contributed by atoms with van der Waals surface area (Å²) in [6.07, 6.45) is 0.472. The minimum atomic E-state index is -0.720. The molecule has 0 bridgehead atoms. The zero-order valence-electron chi connectivity index (χ0n) is 10.7. The van der Waals surface area contributed by atoms with Crippen LogP contribution in [-0.2, 0) is 9.53 Å². The number of ether oxygens (including phenoxy) is 1. The highest BCUT2D eigenvalue weighted by Gasteiger charge is 2.11. The number of carbonyl (C=O) groups excluding carboxylic acids is 2. The smallest absolute Gasteiger partial charge is 0.340 e. The van der Waals surface area contributed by atoms with E-state index < -0.39 is 11.8 Å². The summed E-state index contributed by atoms with van der Waals surface area (Å²) in [7, 11) is 1.19. The summed E-state index contributed by atoms with van der Waals surface area (Å²) < 4.78 is 18.0. The number of esters is 1.